The lowest BCUT2D eigenvalue weighted by molar-refractivity contribution is 0.521. The molecule has 0 saturated carbocycles. The summed E-state index contributed by atoms with van der Waals surface area (Å²) in [6.07, 6.45) is 0.880. The van der Waals surface area contributed by atoms with Gasteiger partial charge in [0, 0.05) is 32.9 Å². The third-order valence-corrected chi connectivity index (χ3v) is 5.66. The van der Waals surface area contributed by atoms with Crippen LogP contribution in [0.4, 0.5) is 5.69 Å². The molecule has 2 rings (SSSR count). The summed E-state index contributed by atoms with van der Waals surface area (Å²) in [4.78, 5) is 2.52. The molecule has 0 aliphatic carbocycles. The van der Waals surface area contributed by atoms with Crippen molar-refractivity contribution in [1.29, 1.82) is 0 Å². The highest BCUT2D eigenvalue weighted by atomic mass is 32.2. The van der Waals surface area contributed by atoms with Gasteiger partial charge in [0.2, 0.25) is 10.0 Å². The van der Waals surface area contributed by atoms with Crippen LogP contribution in [-0.2, 0) is 16.6 Å². The fourth-order valence-corrected chi connectivity index (χ4v) is 3.33. The van der Waals surface area contributed by atoms with Gasteiger partial charge in [0.1, 0.15) is 0 Å². The van der Waals surface area contributed by atoms with Gasteiger partial charge in [-0.1, -0.05) is 30.3 Å². The summed E-state index contributed by atoms with van der Waals surface area (Å²) < 4.78 is 25.6. The molecule has 0 aromatic heterocycles. The van der Waals surface area contributed by atoms with Crippen LogP contribution in [0.5, 0.6) is 0 Å². The maximum absolute atomic E-state index is 12.2. The van der Waals surface area contributed by atoms with E-state index in [1.165, 1.54) is 24.0 Å². The average molecular weight is 347 g/mol. The molecule has 0 spiro atoms. The molecule has 0 aliphatic heterocycles. The minimum atomic E-state index is -3.40. The summed E-state index contributed by atoms with van der Waals surface area (Å²) in [5, 5.41) is 0. The summed E-state index contributed by atoms with van der Waals surface area (Å²) >= 11 is 0. The quantitative estimate of drug-likeness (QED) is 0.796. The Balaban J connectivity index is 2.23. The zero-order valence-corrected chi connectivity index (χ0v) is 15.0. The van der Waals surface area contributed by atoms with Crippen LogP contribution in [0, 0.1) is 0 Å². The van der Waals surface area contributed by atoms with E-state index in [1.807, 2.05) is 30.3 Å². The molecule has 0 radical (unpaired) electrons. The highest BCUT2D eigenvalue weighted by Crippen LogP contribution is 2.21. The molecule has 0 aliphatic rings. The van der Waals surface area contributed by atoms with E-state index in [9.17, 15) is 8.42 Å². The van der Waals surface area contributed by atoms with Crippen LogP contribution in [-0.4, -0.2) is 39.9 Å². The van der Waals surface area contributed by atoms with E-state index >= 15 is 0 Å². The topological polar surface area (TPSA) is 66.6 Å². The fraction of sp³-hybridized carbons (Fsp3) is 0.333. The Labute approximate surface area is 144 Å². The number of anilines is 1. The van der Waals surface area contributed by atoms with Crippen LogP contribution in [0.2, 0.25) is 0 Å². The minimum absolute atomic E-state index is 0.301. The predicted molar refractivity (Wildman–Crippen MR) is 98.5 cm³/mol. The molecule has 0 bridgehead atoms. The second-order valence-electron chi connectivity index (χ2n) is 5.83. The first kappa shape index (κ1) is 18.4. The first-order valence-corrected chi connectivity index (χ1v) is 9.40. The highest BCUT2D eigenvalue weighted by molar-refractivity contribution is 7.89. The van der Waals surface area contributed by atoms with E-state index in [-0.39, 0.29) is 0 Å². The molecule has 0 saturated heterocycles. The van der Waals surface area contributed by atoms with E-state index < -0.39 is 10.0 Å². The van der Waals surface area contributed by atoms with Crippen molar-refractivity contribution in [3.8, 4) is 0 Å². The number of nitrogens with two attached hydrogens (primary N) is 1. The average Bonchev–Trinajstić information content (AvgIpc) is 2.59. The van der Waals surface area contributed by atoms with Gasteiger partial charge in [-0.2, -0.15) is 0 Å². The van der Waals surface area contributed by atoms with Gasteiger partial charge in [0.25, 0.3) is 0 Å². The Morgan fingerprint density at radius 2 is 1.58 bits per heavy atom. The van der Waals surface area contributed by atoms with Gasteiger partial charge >= 0.3 is 0 Å². The normalized spacial score (nSPS) is 11.7. The maximum atomic E-state index is 12.2. The molecule has 5 nitrogen and oxygen atoms in total. The maximum Gasteiger partial charge on any atom is 0.242 e. The van der Waals surface area contributed by atoms with E-state index in [4.69, 9.17) is 5.73 Å². The SMILES string of the molecule is CN(C)S(=O)(=O)c1ccc(N(CCCN)Cc2ccccc2)cc1. The van der Waals surface area contributed by atoms with Crippen LogP contribution >= 0.6 is 0 Å². The smallest absolute Gasteiger partial charge is 0.242 e. The van der Waals surface area contributed by atoms with Crippen molar-refractivity contribution in [2.75, 3.05) is 32.1 Å². The highest BCUT2D eigenvalue weighted by Gasteiger charge is 2.17. The van der Waals surface area contributed by atoms with E-state index in [0.29, 0.717) is 11.4 Å². The minimum Gasteiger partial charge on any atom is -0.367 e. The Hall–Kier alpha value is -1.89. The van der Waals surface area contributed by atoms with Crippen molar-refractivity contribution in [2.45, 2.75) is 17.9 Å². The second kappa shape index (κ2) is 8.28. The van der Waals surface area contributed by atoms with Crippen molar-refractivity contribution >= 4 is 15.7 Å². The van der Waals surface area contributed by atoms with Gasteiger partial charge in [0.05, 0.1) is 4.90 Å². The Morgan fingerprint density at radius 3 is 2.12 bits per heavy atom. The van der Waals surface area contributed by atoms with Gasteiger partial charge in [-0.15, -0.1) is 0 Å². The molecule has 0 atom stereocenters. The fourth-order valence-electron chi connectivity index (χ4n) is 2.43. The number of hydrogen-bond acceptors (Lipinski definition) is 4. The van der Waals surface area contributed by atoms with Crippen molar-refractivity contribution < 1.29 is 8.42 Å². The standard InChI is InChI=1S/C18H25N3O2S/c1-20(2)24(22,23)18-11-9-17(10-12-18)21(14-6-13-19)15-16-7-4-3-5-8-16/h3-5,7-12H,6,13-15,19H2,1-2H3. The molecule has 2 N–H and O–H groups in total. The van der Waals surface area contributed by atoms with Crippen LogP contribution in [0.1, 0.15) is 12.0 Å². The van der Waals surface area contributed by atoms with Crippen molar-refractivity contribution in [3.63, 3.8) is 0 Å². The third kappa shape index (κ3) is 4.56. The molecule has 24 heavy (non-hydrogen) atoms. The molecular formula is C18H25N3O2S. The molecule has 2 aromatic carbocycles. The summed E-state index contributed by atoms with van der Waals surface area (Å²) in [7, 11) is -0.333. The lowest BCUT2D eigenvalue weighted by Crippen LogP contribution is -2.26. The van der Waals surface area contributed by atoms with E-state index in [2.05, 4.69) is 17.0 Å². The number of sulfonamides is 1. The molecule has 130 valence electrons. The van der Waals surface area contributed by atoms with Gasteiger partial charge in [-0.05, 0) is 42.8 Å². The lowest BCUT2D eigenvalue weighted by atomic mass is 10.2. The monoisotopic (exact) mass is 347 g/mol. The Bertz CT molecular complexity index is 729. The third-order valence-electron chi connectivity index (χ3n) is 3.83. The number of rotatable bonds is 8. The summed E-state index contributed by atoms with van der Waals surface area (Å²) in [5.74, 6) is 0. The summed E-state index contributed by atoms with van der Waals surface area (Å²) in [6, 6.07) is 17.2. The lowest BCUT2D eigenvalue weighted by Gasteiger charge is -2.25. The molecule has 6 heteroatoms. The molecule has 0 unspecified atom stereocenters. The van der Waals surface area contributed by atoms with Crippen LogP contribution in [0.25, 0.3) is 0 Å². The predicted octanol–water partition coefficient (Wildman–Crippen LogP) is 2.29. The molecule has 2 aromatic rings. The van der Waals surface area contributed by atoms with Gasteiger partial charge in [-0.3, -0.25) is 0 Å². The van der Waals surface area contributed by atoms with Crippen molar-refractivity contribution in [2.24, 2.45) is 5.73 Å². The van der Waals surface area contributed by atoms with Gasteiger partial charge in [-0.25, -0.2) is 12.7 Å². The number of benzene rings is 2. The molecule has 0 heterocycles. The molecule has 0 fully saturated rings. The molecule has 0 amide bonds. The van der Waals surface area contributed by atoms with Crippen LogP contribution in [0.15, 0.2) is 59.5 Å². The van der Waals surface area contributed by atoms with E-state index in [0.717, 1.165) is 25.2 Å². The van der Waals surface area contributed by atoms with Gasteiger partial charge in [0.15, 0.2) is 0 Å². The number of hydrogen-bond donors (Lipinski definition) is 1. The zero-order chi connectivity index (χ0) is 17.6. The summed E-state index contributed by atoms with van der Waals surface area (Å²) in [6.45, 7) is 2.21. The zero-order valence-electron chi connectivity index (χ0n) is 14.2. The Morgan fingerprint density at radius 1 is 0.958 bits per heavy atom. The second-order valence-corrected chi connectivity index (χ2v) is 7.98. The number of nitrogens with zero attached hydrogens (tertiary/aromatic N) is 2. The van der Waals surface area contributed by atoms with Crippen LogP contribution < -0.4 is 10.6 Å². The Kier molecular flexibility index (Phi) is 6.36. The van der Waals surface area contributed by atoms with Crippen LogP contribution in [0.3, 0.4) is 0 Å². The van der Waals surface area contributed by atoms with Crippen molar-refractivity contribution in [1.82, 2.24) is 4.31 Å². The first-order valence-electron chi connectivity index (χ1n) is 7.96. The van der Waals surface area contributed by atoms with Gasteiger partial charge < -0.3 is 10.6 Å². The summed E-state index contributed by atoms with van der Waals surface area (Å²) in [5.41, 5.74) is 7.85. The molecular weight excluding hydrogens is 322 g/mol. The van der Waals surface area contributed by atoms with Crippen molar-refractivity contribution in [3.05, 3.63) is 60.2 Å². The first-order chi connectivity index (χ1) is 11.4. The largest absolute Gasteiger partial charge is 0.367 e. The van der Waals surface area contributed by atoms with E-state index in [1.54, 1.807) is 12.1 Å².